The second-order valence-electron chi connectivity index (χ2n) is 11.8. The molecule has 0 amide bonds. The summed E-state index contributed by atoms with van der Waals surface area (Å²) in [5, 5.41) is 21.5. The number of nitrogens with zero attached hydrogens (tertiary/aromatic N) is 9. The molecule has 4 unspecified atom stereocenters. The third-order valence-corrected chi connectivity index (χ3v) is 10.9. The van der Waals surface area contributed by atoms with E-state index < -0.39 is 82.9 Å². The molecule has 0 aromatic carbocycles. The maximum absolute atomic E-state index is 13.5. The molecule has 0 spiro atoms. The van der Waals surface area contributed by atoms with Gasteiger partial charge in [-0.15, -0.1) is 0 Å². The van der Waals surface area contributed by atoms with E-state index in [0.717, 1.165) is 17.0 Å². The lowest BCUT2D eigenvalue weighted by atomic mass is 10.0. The van der Waals surface area contributed by atoms with Crippen LogP contribution in [0.5, 0.6) is 0 Å². The first kappa shape index (κ1) is 33.9. The minimum atomic E-state index is -5.12. The van der Waals surface area contributed by atoms with Crippen molar-refractivity contribution in [3.05, 3.63) is 48.1 Å². The number of H-pyrrole nitrogens is 1. The summed E-state index contributed by atoms with van der Waals surface area (Å²) >= 11 is 0. The first-order chi connectivity index (χ1) is 24.3. The van der Waals surface area contributed by atoms with Crippen LogP contribution in [-0.4, -0.2) is 124 Å². The Kier molecular flexibility index (Phi) is 8.10. The summed E-state index contributed by atoms with van der Waals surface area (Å²) in [6, 6.07) is 0. The SMILES string of the molecule is Nc1nc2c(ncn2[C@@H]2O[C@H](COP(=O)(O)OC3[C@@H]4OC[C@@]3(COP(=O)(O)n3ccnc3)O[C@H]4n3cnc4c(N)ncnc43)C(O)[C@@H]2O)c(=O)[nH]1. The van der Waals surface area contributed by atoms with E-state index in [1.807, 2.05) is 0 Å². The Morgan fingerprint density at radius 2 is 1.76 bits per heavy atom. The summed E-state index contributed by atoms with van der Waals surface area (Å²) in [6.07, 6.45) is -2.59. The third kappa shape index (κ3) is 5.72. The highest BCUT2D eigenvalue weighted by Crippen LogP contribution is 2.56. The summed E-state index contributed by atoms with van der Waals surface area (Å²) < 4.78 is 64.1. The van der Waals surface area contributed by atoms with Gasteiger partial charge in [-0.05, 0) is 0 Å². The van der Waals surface area contributed by atoms with Gasteiger partial charge < -0.3 is 45.7 Å². The number of rotatable bonds is 11. The average molecular weight is 755 g/mol. The van der Waals surface area contributed by atoms with Crippen LogP contribution in [0.1, 0.15) is 12.5 Å². The van der Waals surface area contributed by atoms with Gasteiger partial charge in [0.2, 0.25) is 5.95 Å². The zero-order chi connectivity index (χ0) is 35.9. The Bertz CT molecular complexity index is 2270. The normalized spacial score (nSPS) is 31.4. The fraction of sp³-hybridized carbons (Fsp3) is 0.458. The van der Waals surface area contributed by atoms with Crippen LogP contribution in [0.15, 0.2) is 42.5 Å². The minimum Gasteiger partial charge on any atom is -0.387 e. The number of ether oxygens (including phenoxy) is 3. The van der Waals surface area contributed by atoms with Gasteiger partial charge in [0.25, 0.3) is 5.56 Å². The number of aromatic amines is 1. The largest absolute Gasteiger partial charge is 0.472 e. The minimum absolute atomic E-state index is 0.0516. The van der Waals surface area contributed by atoms with Crippen LogP contribution < -0.4 is 17.0 Å². The summed E-state index contributed by atoms with van der Waals surface area (Å²) in [5.74, 6) is -0.163. The lowest BCUT2D eigenvalue weighted by Gasteiger charge is -2.32. The molecular formula is C24H28N12O13P2. The summed E-state index contributed by atoms with van der Waals surface area (Å²) in [4.78, 5) is 60.0. The van der Waals surface area contributed by atoms with Gasteiger partial charge in [0, 0.05) is 12.4 Å². The second kappa shape index (κ2) is 12.2. The number of hydrogen-bond acceptors (Lipinski definition) is 19. The molecule has 3 aliphatic heterocycles. The van der Waals surface area contributed by atoms with E-state index in [1.54, 1.807) is 0 Å². The topological polar surface area (TPSA) is 347 Å². The van der Waals surface area contributed by atoms with Crippen molar-refractivity contribution in [3.63, 3.8) is 0 Å². The molecule has 5 aromatic heterocycles. The zero-order valence-corrected chi connectivity index (χ0v) is 27.5. The smallest absolute Gasteiger partial charge is 0.387 e. The van der Waals surface area contributed by atoms with E-state index in [9.17, 15) is 33.9 Å². The van der Waals surface area contributed by atoms with Gasteiger partial charge in [0.05, 0.1) is 32.5 Å². The van der Waals surface area contributed by atoms with Gasteiger partial charge in [-0.1, -0.05) is 0 Å². The standard InChI is InChI=1S/C24H28N12O13P2/c25-17-11-18(29-6-28-17)35(8-30-11)22-15-16(24(48-22,4-44-15)5-46-50(40,41)34-2-1-27-7-34)49-51(42,43)45-3-10-13(37)14(38)21(47-10)36-9-31-12-19(36)32-23(26)33-20(12)39/h1-2,6-10,13-16,21-22,37-38H,3-5H2,(H,40,41)(H,42,43)(H2,25,28,29)(H3,26,32,33,39)/t10-,13?,14+,15+,16?,21-,22-,24+/m1/s1. The van der Waals surface area contributed by atoms with Crippen LogP contribution in [0.25, 0.3) is 22.3 Å². The number of nitrogens with one attached hydrogen (secondary N) is 1. The lowest BCUT2D eigenvalue weighted by Crippen LogP contribution is -2.46. The van der Waals surface area contributed by atoms with E-state index in [1.165, 1.54) is 34.2 Å². The van der Waals surface area contributed by atoms with Gasteiger partial charge in [0.1, 0.15) is 54.3 Å². The van der Waals surface area contributed by atoms with Crippen LogP contribution in [0.4, 0.5) is 11.8 Å². The van der Waals surface area contributed by atoms with E-state index in [2.05, 4.69) is 34.9 Å². The van der Waals surface area contributed by atoms with Gasteiger partial charge in [-0.2, -0.15) is 4.98 Å². The molecule has 3 fully saturated rings. The Morgan fingerprint density at radius 1 is 1.00 bits per heavy atom. The predicted octanol–water partition coefficient (Wildman–Crippen LogP) is -2.23. The number of nitrogen functional groups attached to an aromatic ring is 2. The molecular weight excluding hydrogens is 726 g/mol. The van der Waals surface area contributed by atoms with Crippen molar-refractivity contribution < 1.29 is 56.9 Å². The molecule has 0 saturated carbocycles. The van der Waals surface area contributed by atoms with E-state index in [-0.39, 0.29) is 40.7 Å². The highest BCUT2D eigenvalue weighted by molar-refractivity contribution is 7.51. The van der Waals surface area contributed by atoms with E-state index >= 15 is 0 Å². The maximum atomic E-state index is 13.5. The lowest BCUT2D eigenvalue weighted by molar-refractivity contribution is -0.183. The number of nitrogens with two attached hydrogens (primary N) is 2. The van der Waals surface area contributed by atoms with Gasteiger partial charge in [-0.3, -0.25) is 32.5 Å². The number of fused-ring (bicyclic) bond motifs is 4. The molecule has 51 heavy (non-hydrogen) atoms. The van der Waals surface area contributed by atoms with E-state index in [0.29, 0.717) is 0 Å². The monoisotopic (exact) mass is 754 g/mol. The highest BCUT2D eigenvalue weighted by atomic mass is 31.2. The van der Waals surface area contributed by atoms with Crippen molar-refractivity contribution in [1.82, 2.24) is 48.4 Å². The molecule has 27 heteroatoms. The van der Waals surface area contributed by atoms with Gasteiger partial charge in [-0.25, -0.2) is 38.4 Å². The average Bonchev–Trinajstić information content (AvgIpc) is 3.94. The molecule has 8 heterocycles. The highest BCUT2D eigenvalue weighted by Gasteiger charge is 2.66. The number of hydrogen-bond donors (Lipinski definition) is 7. The number of aliphatic hydroxyl groups is 2. The second-order valence-corrected chi connectivity index (χ2v) is 14.9. The van der Waals surface area contributed by atoms with E-state index in [4.69, 9.17) is 39.2 Å². The predicted molar refractivity (Wildman–Crippen MR) is 165 cm³/mol. The summed E-state index contributed by atoms with van der Waals surface area (Å²) in [6.45, 7) is -1.78. The molecule has 2 bridgehead atoms. The molecule has 8 rings (SSSR count). The first-order valence-electron chi connectivity index (χ1n) is 14.9. The molecule has 0 aliphatic carbocycles. The Hall–Kier alpha value is -4.23. The molecule has 9 N–H and O–H groups in total. The zero-order valence-electron chi connectivity index (χ0n) is 25.7. The molecule has 10 atom stereocenters. The first-order valence-corrected chi connectivity index (χ1v) is 17.9. The molecule has 272 valence electrons. The number of anilines is 2. The van der Waals surface area contributed by atoms with Crippen molar-refractivity contribution >= 4 is 49.7 Å². The van der Waals surface area contributed by atoms with Crippen LogP contribution in [-0.2, 0) is 36.9 Å². The Labute approximate surface area is 282 Å². The quantitative estimate of drug-likeness (QED) is 0.0702. The Balaban J connectivity index is 1.02. The fourth-order valence-corrected chi connectivity index (χ4v) is 8.09. The van der Waals surface area contributed by atoms with Crippen LogP contribution >= 0.6 is 15.6 Å². The number of phosphoric acid groups is 1. The summed E-state index contributed by atoms with van der Waals surface area (Å²) in [7, 11) is -9.66. The molecule has 3 aliphatic rings. The van der Waals surface area contributed by atoms with Crippen molar-refractivity contribution in [2.24, 2.45) is 0 Å². The maximum Gasteiger partial charge on any atom is 0.472 e. The summed E-state index contributed by atoms with van der Waals surface area (Å²) in [5.41, 5.74) is 9.44. The van der Waals surface area contributed by atoms with Crippen LogP contribution in [0, 0.1) is 0 Å². The number of aromatic nitrogens is 10. The number of aliphatic hydroxyl groups excluding tert-OH is 2. The van der Waals surface area contributed by atoms with Crippen molar-refractivity contribution in [1.29, 1.82) is 0 Å². The van der Waals surface area contributed by atoms with Gasteiger partial charge >= 0.3 is 15.6 Å². The number of phosphoric ester groups is 1. The number of imidazole rings is 3. The third-order valence-electron chi connectivity index (χ3n) is 8.60. The molecule has 5 aromatic rings. The van der Waals surface area contributed by atoms with Crippen molar-refractivity contribution in [2.75, 3.05) is 31.3 Å². The molecule has 25 nitrogen and oxygen atoms in total. The molecule has 3 saturated heterocycles. The van der Waals surface area contributed by atoms with Crippen molar-refractivity contribution in [2.45, 2.75) is 48.6 Å². The van der Waals surface area contributed by atoms with Crippen LogP contribution in [0.2, 0.25) is 0 Å². The van der Waals surface area contributed by atoms with Gasteiger partial charge in [0.15, 0.2) is 35.1 Å². The fourth-order valence-electron chi connectivity index (χ4n) is 6.16. The molecule has 0 radical (unpaired) electrons. The Morgan fingerprint density at radius 3 is 2.53 bits per heavy atom. The van der Waals surface area contributed by atoms with Crippen molar-refractivity contribution in [3.8, 4) is 0 Å². The van der Waals surface area contributed by atoms with Crippen LogP contribution in [0.3, 0.4) is 0 Å².